The topological polar surface area (TPSA) is 27.7 Å². The number of benzene rings is 2. The van der Waals surface area contributed by atoms with Crippen molar-refractivity contribution in [3.63, 3.8) is 0 Å². The summed E-state index contributed by atoms with van der Waals surface area (Å²) in [6.45, 7) is 2.99. The summed E-state index contributed by atoms with van der Waals surface area (Å²) in [4.78, 5) is 0. The highest BCUT2D eigenvalue weighted by atomic mass is 19.2. The molecule has 2 aliphatic carbocycles. The third-order valence-electron chi connectivity index (χ3n) is 7.77. The van der Waals surface area contributed by atoms with Gasteiger partial charge in [-0.25, -0.2) is 13.2 Å². The molecule has 0 radical (unpaired) electrons. The molecule has 2 fully saturated rings. The highest BCUT2D eigenvalue weighted by molar-refractivity contribution is 5.30. The fourth-order valence-electron chi connectivity index (χ4n) is 5.60. The zero-order valence-electron chi connectivity index (χ0n) is 20.8. The molecule has 3 nitrogen and oxygen atoms in total. The van der Waals surface area contributed by atoms with Crippen molar-refractivity contribution in [2.45, 2.75) is 95.5 Å². The van der Waals surface area contributed by atoms with Gasteiger partial charge in [0, 0.05) is 19.3 Å². The molecule has 0 amide bonds. The van der Waals surface area contributed by atoms with Crippen LogP contribution in [0.25, 0.3) is 0 Å². The molecule has 2 aliphatic rings. The summed E-state index contributed by atoms with van der Waals surface area (Å²) in [6, 6.07) is 8.76. The van der Waals surface area contributed by atoms with E-state index in [4.69, 9.17) is 14.2 Å². The normalized spacial score (nSPS) is 25.1. The summed E-state index contributed by atoms with van der Waals surface area (Å²) < 4.78 is 61.0. The average Bonchev–Trinajstić information content (AvgIpc) is 2.89. The van der Waals surface area contributed by atoms with Crippen LogP contribution in [0, 0.1) is 17.5 Å². The molecular formula is C29H37F3O3. The molecule has 4 rings (SSSR count). The lowest BCUT2D eigenvalue weighted by Crippen LogP contribution is -2.22. The van der Waals surface area contributed by atoms with E-state index < -0.39 is 11.6 Å². The molecule has 6 heteroatoms. The molecule has 2 saturated carbocycles. The van der Waals surface area contributed by atoms with Gasteiger partial charge in [0.1, 0.15) is 5.82 Å². The summed E-state index contributed by atoms with van der Waals surface area (Å²) in [5, 5.41) is 0. The first-order valence-corrected chi connectivity index (χ1v) is 13.0. The molecule has 0 N–H and O–H groups in total. The Morgan fingerprint density at radius 3 is 2.00 bits per heavy atom. The summed E-state index contributed by atoms with van der Waals surface area (Å²) in [6.07, 6.45) is 6.72. The number of rotatable bonds is 9. The van der Waals surface area contributed by atoms with Crippen LogP contribution in [0.2, 0.25) is 0 Å². The van der Waals surface area contributed by atoms with Gasteiger partial charge in [0.25, 0.3) is 0 Å². The molecule has 0 spiro atoms. The van der Waals surface area contributed by atoms with Crippen LogP contribution in [-0.2, 0) is 27.4 Å². The van der Waals surface area contributed by atoms with Crippen molar-refractivity contribution in [1.29, 1.82) is 0 Å². The van der Waals surface area contributed by atoms with Crippen LogP contribution in [0.15, 0.2) is 30.3 Å². The lowest BCUT2D eigenvalue weighted by molar-refractivity contribution is 0.0116. The van der Waals surface area contributed by atoms with Crippen LogP contribution in [0.5, 0.6) is 0 Å². The Labute approximate surface area is 207 Å². The van der Waals surface area contributed by atoms with E-state index in [0.29, 0.717) is 18.8 Å². The first-order chi connectivity index (χ1) is 17.0. The smallest absolute Gasteiger partial charge is 0.164 e. The van der Waals surface area contributed by atoms with Gasteiger partial charge in [-0.05, 0) is 92.9 Å². The minimum absolute atomic E-state index is 0.0296. The number of hydrogen-bond donors (Lipinski definition) is 0. The van der Waals surface area contributed by atoms with Crippen LogP contribution >= 0.6 is 0 Å². The molecule has 2 aromatic rings. The van der Waals surface area contributed by atoms with Gasteiger partial charge < -0.3 is 14.2 Å². The van der Waals surface area contributed by atoms with E-state index in [1.807, 2.05) is 19.1 Å². The molecule has 2 aromatic carbocycles. The van der Waals surface area contributed by atoms with Crippen molar-refractivity contribution in [1.82, 2.24) is 0 Å². The number of hydrogen-bond acceptors (Lipinski definition) is 3. The maximum Gasteiger partial charge on any atom is 0.164 e. The maximum atomic E-state index is 14.9. The summed E-state index contributed by atoms with van der Waals surface area (Å²) >= 11 is 0. The van der Waals surface area contributed by atoms with Gasteiger partial charge >= 0.3 is 0 Å². The first kappa shape index (κ1) is 26.2. The van der Waals surface area contributed by atoms with Crippen molar-refractivity contribution in [2.24, 2.45) is 0 Å². The van der Waals surface area contributed by atoms with Crippen molar-refractivity contribution >= 4 is 0 Å². The van der Waals surface area contributed by atoms with E-state index in [9.17, 15) is 13.2 Å². The Morgan fingerprint density at radius 2 is 1.37 bits per heavy atom. The minimum atomic E-state index is -0.792. The predicted octanol–water partition coefficient (Wildman–Crippen LogP) is 7.56. The highest BCUT2D eigenvalue weighted by Gasteiger charge is 2.28. The Kier molecular flexibility index (Phi) is 9.26. The van der Waals surface area contributed by atoms with Crippen molar-refractivity contribution in [3.8, 4) is 0 Å². The summed E-state index contributed by atoms with van der Waals surface area (Å²) in [7, 11) is 1.70. The summed E-state index contributed by atoms with van der Waals surface area (Å²) in [5.74, 6) is -1.52. The molecule has 0 aliphatic heterocycles. The SMILES string of the molecule is CCOCc1ccc(C2CCC(OCc3ccc(C4CCC(OC)CC4)c(F)c3F)CC2)c(F)c1. The second-order valence-corrected chi connectivity index (χ2v) is 9.93. The summed E-state index contributed by atoms with van der Waals surface area (Å²) in [5.41, 5.74) is 2.31. The predicted molar refractivity (Wildman–Crippen MR) is 130 cm³/mol. The van der Waals surface area contributed by atoms with E-state index in [2.05, 4.69) is 0 Å². The van der Waals surface area contributed by atoms with Gasteiger partial charge in [0.2, 0.25) is 0 Å². The van der Waals surface area contributed by atoms with Crippen molar-refractivity contribution < 1.29 is 27.4 Å². The lowest BCUT2D eigenvalue weighted by atomic mass is 9.82. The molecule has 0 saturated heterocycles. The van der Waals surface area contributed by atoms with Gasteiger partial charge in [-0.1, -0.05) is 24.3 Å². The largest absolute Gasteiger partial charge is 0.381 e. The van der Waals surface area contributed by atoms with Crippen LogP contribution in [-0.4, -0.2) is 25.9 Å². The fourth-order valence-corrected chi connectivity index (χ4v) is 5.60. The van der Waals surface area contributed by atoms with Gasteiger partial charge in [-0.3, -0.25) is 0 Å². The quantitative estimate of drug-likeness (QED) is 0.363. The van der Waals surface area contributed by atoms with E-state index in [1.54, 1.807) is 25.3 Å². The Bertz CT molecular complexity index is 964. The zero-order valence-corrected chi connectivity index (χ0v) is 20.8. The third kappa shape index (κ3) is 6.46. The van der Waals surface area contributed by atoms with E-state index >= 15 is 0 Å². The number of methoxy groups -OCH3 is 1. The number of ether oxygens (including phenoxy) is 3. The van der Waals surface area contributed by atoms with Crippen molar-refractivity contribution in [2.75, 3.05) is 13.7 Å². The average molecular weight is 491 g/mol. The Hall–Kier alpha value is -1.89. The van der Waals surface area contributed by atoms with E-state index in [-0.39, 0.29) is 42.0 Å². The second kappa shape index (κ2) is 12.4. The van der Waals surface area contributed by atoms with Gasteiger partial charge in [-0.15, -0.1) is 0 Å². The maximum absolute atomic E-state index is 14.9. The Morgan fingerprint density at radius 1 is 0.743 bits per heavy atom. The van der Waals surface area contributed by atoms with Crippen molar-refractivity contribution in [3.05, 3.63) is 70.0 Å². The third-order valence-corrected chi connectivity index (χ3v) is 7.77. The van der Waals surface area contributed by atoms with E-state index in [0.717, 1.165) is 62.5 Å². The van der Waals surface area contributed by atoms with Crippen LogP contribution in [0.3, 0.4) is 0 Å². The molecule has 192 valence electrons. The van der Waals surface area contributed by atoms with Crippen LogP contribution in [0.1, 0.15) is 92.4 Å². The van der Waals surface area contributed by atoms with Gasteiger partial charge in [-0.2, -0.15) is 0 Å². The standard InChI is InChI=1S/C29H37F3O3/c1-3-34-17-19-4-14-25(27(30)16-19)20-7-12-24(13-8-20)35-18-22-9-15-26(29(32)28(22)31)21-5-10-23(33-2)11-6-21/h4,9,14-16,20-21,23-24H,3,5-8,10-13,17-18H2,1-2H3. The zero-order chi connectivity index (χ0) is 24.8. The van der Waals surface area contributed by atoms with E-state index in [1.165, 1.54) is 0 Å². The van der Waals surface area contributed by atoms with Gasteiger partial charge in [0.05, 0.1) is 25.4 Å². The molecule has 0 atom stereocenters. The molecule has 35 heavy (non-hydrogen) atoms. The highest BCUT2D eigenvalue weighted by Crippen LogP contribution is 2.38. The fraction of sp³-hybridized carbons (Fsp3) is 0.586. The first-order valence-electron chi connectivity index (χ1n) is 13.0. The van der Waals surface area contributed by atoms with Crippen LogP contribution < -0.4 is 0 Å². The lowest BCUT2D eigenvalue weighted by Gasteiger charge is -2.29. The molecule has 0 bridgehead atoms. The molecular weight excluding hydrogens is 453 g/mol. The molecule has 0 heterocycles. The van der Waals surface area contributed by atoms with Gasteiger partial charge in [0.15, 0.2) is 11.6 Å². The van der Waals surface area contributed by atoms with Crippen LogP contribution in [0.4, 0.5) is 13.2 Å². The molecule has 0 aromatic heterocycles. The second-order valence-electron chi connectivity index (χ2n) is 9.93. The number of halogens is 3. The molecule has 0 unspecified atom stereocenters. The monoisotopic (exact) mass is 490 g/mol. The minimum Gasteiger partial charge on any atom is -0.381 e. The Balaban J connectivity index is 1.28.